The van der Waals surface area contributed by atoms with Crippen molar-refractivity contribution < 1.29 is 50.1 Å². The number of amides is 1. The van der Waals surface area contributed by atoms with Crippen molar-refractivity contribution in [2.24, 2.45) is 5.92 Å². The minimum atomic E-state index is -4.69. The van der Waals surface area contributed by atoms with Crippen molar-refractivity contribution in [3.8, 4) is 16.9 Å². The molecule has 0 radical (unpaired) electrons. The van der Waals surface area contributed by atoms with Gasteiger partial charge in [0.15, 0.2) is 5.69 Å². The van der Waals surface area contributed by atoms with Gasteiger partial charge in [0.1, 0.15) is 5.02 Å². The van der Waals surface area contributed by atoms with Crippen LogP contribution in [0.5, 0.6) is 0 Å². The summed E-state index contributed by atoms with van der Waals surface area (Å²) in [4.78, 5) is 30.4. The molecule has 18 heteroatoms. The highest BCUT2D eigenvalue weighted by Crippen LogP contribution is 2.33. The number of nitrogens with one attached hydrogen (secondary N) is 1. The van der Waals surface area contributed by atoms with Crippen molar-refractivity contribution in [1.82, 2.24) is 24.5 Å². The van der Waals surface area contributed by atoms with Crippen LogP contribution in [0.3, 0.4) is 0 Å². The Morgan fingerprint density at radius 3 is 2.33 bits per heavy atom. The maximum Gasteiger partial charge on any atom is 0.511 e. The largest absolute Gasteiger partial charge is 0.511 e. The molecule has 0 bridgehead atoms. The van der Waals surface area contributed by atoms with Gasteiger partial charge in [-0.15, -0.1) is 0 Å². The number of hydrogen-bond donors (Lipinski definition) is 1. The van der Waals surface area contributed by atoms with E-state index in [9.17, 15) is 31.2 Å². The van der Waals surface area contributed by atoms with E-state index in [1.165, 1.54) is 29.2 Å². The topological polar surface area (TPSA) is 152 Å². The molecule has 0 aliphatic carbocycles. The first-order valence-corrected chi connectivity index (χ1v) is 15.6. The van der Waals surface area contributed by atoms with Gasteiger partial charge in [0.05, 0.1) is 22.4 Å². The molecule has 46 heavy (non-hydrogen) atoms. The summed E-state index contributed by atoms with van der Waals surface area (Å²) in [5, 5.41) is 6.40. The smallest absolute Gasteiger partial charge is 0.431 e. The summed E-state index contributed by atoms with van der Waals surface area (Å²) in [5.41, 5.74) is 0.687. The van der Waals surface area contributed by atoms with Crippen molar-refractivity contribution >= 4 is 22.1 Å². The zero-order chi connectivity index (χ0) is 33.2. The summed E-state index contributed by atoms with van der Waals surface area (Å²) in [7, 11) is -4.28. The Bertz CT molecular complexity index is 1760. The lowest BCUT2D eigenvalue weighted by atomic mass is 9.97. The van der Waals surface area contributed by atoms with Crippen LogP contribution in [0.15, 0.2) is 64.1 Å². The monoisotopic (exact) mass is 668 g/mol. The quantitative estimate of drug-likeness (QED) is 0.195. The number of piperidine rings is 1. The van der Waals surface area contributed by atoms with E-state index in [0.29, 0.717) is 31.5 Å². The Labute approximate surface area is 261 Å². The van der Waals surface area contributed by atoms with Crippen molar-refractivity contribution in [1.29, 1.82) is 0 Å². The SMILES string of the molecule is Cc1ccc(-c2cc(C(F)(F)F)nn2-c2ccc(S(=O)(=O)NC(=O)C3CCN(n4on4OCOC(=O)OC(C)C)CC3)cc2)cc1. The number of halogens is 3. The van der Waals surface area contributed by atoms with Crippen molar-refractivity contribution in [2.45, 2.75) is 50.8 Å². The third-order valence-corrected chi connectivity index (χ3v) is 8.35. The molecule has 1 fully saturated rings. The second-order valence-corrected chi connectivity index (χ2v) is 12.4. The number of nitrogens with zero attached hydrogens (tertiary/aromatic N) is 5. The van der Waals surface area contributed by atoms with Gasteiger partial charge in [-0.3, -0.25) is 9.80 Å². The molecule has 3 heterocycles. The normalized spacial score (nSPS) is 14.5. The van der Waals surface area contributed by atoms with E-state index < -0.39 is 46.7 Å². The maximum atomic E-state index is 13.5. The molecule has 248 valence electrons. The number of carbonyl (C=O) groups excluding carboxylic acids is 2. The first-order chi connectivity index (χ1) is 21.7. The summed E-state index contributed by atoms with van der Waals surface area (Å²) >= 11 is 0. The Morgan fingerprint density at radius 1 is 1.07 bits per heavy atom. The van der Waals surface area contributed by atoms with Crippen molar-refractivity contribution in [3.63, 3.8) is 0 Å². The highest BCUT2D eigenvalue weighted by Gasteiger charge is 2.36. The fourth-order valence-electron chi connectivity index (χ4n) is 4.61. The molecule has 14 nitrogen and oxygen atoms in total. The average Bonchev–Trinajstić information content (AvgIpc) is 3.62. The van der Waals surface area contributed by atoms with Crippen molar-refractivity contribution in [3.05, 3.63) is 65.9 Å². The number of ether oxygens (including phenoxy) is 2. The fourth-order valence-corrected chi connectivity index (χ4v) is 5.65. The highest BCUT2D eigenvalue weighted by molar-refractivity contribution is 7.90. The van der Waals surface area contributed by atoms with Crippen LogP contribution in [0.1, 0.15) is 37.9 Å². The van der Waals surface area contributed by atoms with Crippen LogP contribution in [0, 0.1) is 12.8 Å². The number of sulfonamides is 1. The Kier molecular flexibility index (Phi) is 9.09. The fraction of sp³-hybridized carbons (Fsp3) is 0.393. The van der Waals surface area contributed by atoms with Crippen LogP contribution in [0.25, 0.3) is 16.9 Å². The summed E-state index contributed by atoms with van der Waals surface area (Å²) in [6.45, 7) is 5.39. The van der Waals surface area contributed by atoms with E-state index in [1.807, 2.05) is 6.92 Å². The zero-order valence-corrected chi connectivity index (χ0v) is 25.7. The molecule has 4 aromatic rings. The van der Waals surface area contributed by atoms with Crippen LogP contribution in [0.4, 0.5) is 18.0 Å². The van der Waals surface area contributed by atoms with E-state index in [0.717, 1.165) is 21.3 Å². The molecule has 2 aromatic heterocycles. The summed E-state index contributed by atoms with van der Waals surface area (Å²) in [5.74, 6) is -1.31. The van der Waals surface area contributed by atoms with E-state index in [-0.39, 0.29) is 22.4 Å². The molecule has 1 amide bonds. The molecule has 0 unspecified atom stereocenters. The van der Waals surface area contributed by atoms with Gasteiger partial charge in [-0.1, -0.05) is 29.8 Å². The highest BCUT2D eigenvalue weighted by atomic mass is 32.2. The lowest BCUT2D eigenvalue weighted by Crippen LogP contribution is -2.45. The minimum absolute atomic E-state index is 0.171. The molecule has 0 spiro atoms. The van der Waals surface area contributed by atoms with Gasteiger partial charge in [0, 0.05) is 29.5 Å². The number of benzene rings is 2. The predicted molar refractivity (Wildman–Crippen MR) is 154 cm³/mol. The Hall–Kier alpha value is -4.87. The molecular weight excluding hydrogens is 637 g/mol. The summed E-state index contributed by atoms with van der Waals surface area (Å²) in [6, 6.07) is 12.8. The molecule has 0 saturated carbocycles. The van der Waals surface area contributed by atoms with Crippen LogP contribution in [-0.2, 0) is 30.5 Å². The number of alkyl halides is 3. The predicted octanol–water partition coefficient (Wildman–Crippen LogP) is 3.86. The van der Waals surface area contributed by atoms with E-state index in [1.54, 1.807) is 43.1 Å². The Balaban J connectivity index is 1.18. The lowest BCUT2D eigenvalue weighted by molar-refractivity contribution is -0.141. The third kappa shape index (κ3) is 7.67. The molecule has 1 N–H and O–H groups in total. The van der Waals surface area contributed by atoms with Gasteiger partial charge in [-0.05, 0) is 63.9 Å². The van der Waals surface area contributed by atoms with E-state index in [2.05, 4.69) is 9.82 Å². The van der Waals surface area contributed by atoms with Gasteiger partial charge in [-0.2, -0.15) is 22.9 Å². The van der Waals surface area contributed by atoms with Crippen LogP contribution < -0.4 is 14.6 Å². The summed E-state index contributed by atoms with van der Waals surface area (Å²) < 4.78 is 84.4. The van der Waals surface area contributed by atoms with Crippen LogP contribution >= 0.6 is 0 Å². The van der Waals surface area contributed by atoms with Crippen LogP contribution in [0.2, 0.25) is 0 Å². The molecule has 2 aromatic carbocycles. The summed E-state index contributed by atoms with van der Waals surface area (Å²) in [6.07, 6.45) is -5.34. The van der Waals surface area contributed by atoms with Gasteiger partial charge >= 0.3 is 12.3 Å². The van der Waals surface area contributed by atoms with E-state index >= 15 is 0 Å². The maximum absolute atomic E-state index is 13.5. The van der Waals surface area contributed by atoms with E-state index in [4.69, 9.17) is 18.9 Å². The number of aryl methyl sites for hydroxylation is 1. The first kappa shape index (κ1) is 32.5. The second-order valence-electron chi connectivity index (χ2n) is 10.8. The third-order valence-electron chi connectivity index (χ3n) is 6.99. The number of aromatic nitrogens is 4. The van der Waals surface area contributed by atoms with Gasteiger partial charge in [-0.25, -0.2) is 22.6 Å². The number of hydrogen-bond acceptors (Lipinski definition) is 10. The van der Waals surface area contributed by atoms with Crippen molar-refractivity contribution in [2.75, 3.05) is 24.9 Å². The van der Waals surface area contributed by atoms with Gasteiger partial charge < -0.3 is 14.3 Å². The molecule has 1 saturated heterocycles. The zero-order valence-electron chi connectivity index (χ0n) is 24.9. The average molecular weight is 669 g/mol. The van der Waals surface area contributed by atoms with Gasteiger partial charge in [0.25, 0.3) is 16.8 Å². The molecule has 5 rings (SSSR count). The standard InChI is InChI=1S/C28H31F3N6O8S/c1-18(2)44-27(39)42-17-43-37-36(45-37)34-14-12-21(13-15-34)26(38)33-46(40,41)23-10-8-22(9-11-23)35-24(16-25(32-35)28(29,30)31)20-6-4-19(3)5-7-20/h4-11,16,18,21H,12-15,17H2,1-3H3,(H,33,38). The number of carbonyl (C=O) groups is 2. The lowest BCUT2D eigenvalue weighted by Gasteiger charge is -2.28. The molecule has 1 aliphatic rings. The van der Waals surface area contributed by atoms with Crippen LogP contribution in [-0.4, -0.2) is 66.2 Å². The molecule has 0 atom stereocenters. The first-order valence-electron chi connectivity index (χ1n) is 14.1. The minimum Gasteiger partial charge on any atom is -0.431 e. The molecular formula is C28H31F3N6O8S. The van der Waals surface area contributed by atoms with Gasteiger partial charge in [0.2, 0.25) is 5.91 Å². The second kappa shape index (κ2) is 12.9. The Morgan fingerprint density at radius 2 is 1.72 bits per heavy atom. The molecule has 1 aliphatic heterocycles. The number of rotatable bonds is 10.